The van der Waals surface area contributed by atoms with Crippen molar-refractivity contribution >= 4 is 51.6 Å². The predicted octanol–water partition coefficient (Wildman–Crippen LogP) is 5.30. The number of anilines is 3. The van der Waals surface area contributed by atoms with Crippen LogP contribution in [0.2, 0.25) is 5.02 Å². The van der Waals surface area contributed by atoms with Crippen molar-refractivity contribution in [1.29, 1.82) is 0 Å². The number of aryl methyl sites for hydroxylation is 1. The Morgan fingerprint density at radius 2 is 1.71 bits per heavy atom. The SMILES string of the molecule is Cc1ccccc1C(=O)NC(=O)Nc1ccc2c(Nc3ccccc3Cl)ncnc2c1. The van der Waals surface area contributed by atoms with Gasteiger partial charge in [-0.2, -0.15) is 0 Å². The lowest BCUT2D eigenvalue weighted by molar-refractivity contribution is 0.0966. The predicted molar refractivity (Wildman–Crippen MR) is 122 cm³/mol. The quantitative estimate of drug-likeness (QED) is 0.407. The fourth-order valence-electron chi connectivity index (χ4n) is 3.09. The van der Waals surface area contributed by atoms with Crippen molar-refractivity contribution in [2.45, 2.75) is 6.92 Å². The maximum absolute atomic E-state index is 12.3. The largest absolute Gasteiger partial charge is 0.338 e. The monoisotopic (exact) mass is 431 g/mol. The number of imide groups is 1. The third-order valence-corrected chi connectivity index (χ3v) is 4.97. The number of hydrogen-bond acceptors (Lipinski definition) is 5. The summed E-state index contributed by atoms with van der Waals surface area (Å²) in [6.07, 6.45) is 1.42. The molecular weight excluding hydrogens is 414 g/mol. The molecule has 0 aliphatic rings. The molecule has 0 atom stereocenters. The highest BCUT2D eigenvalue weighted by Crippen LogP contribution is 2.28. The summed E-state index contributed by atoms with van der Waals surface area (Å²) in [7, 11) is 0. The van der Waals surface area contributed by atoms with E-state index in [9.17, 15) is 9.59 Å². The number of fused-ring (bicyclic) bond motifs is 1. The van der Waals surface area contributed by atoms with E-state index in [2.05, 4.69) is 25.9 Å². The van der Waals surface area contributed by atoms with Gasteiger partial charge in [-0.1, -0.05) is 41.9 Å². The van der Waals surface area contributed by atoms with Gasteiger partial charge in [0.2, 0.25) is 0 Å². The van der Waals surface area contributed by atoms with E-state index < -0.39 is 11.9 Å². The topological polar surface area (TPSA) is 96.0 Å². The number of amides is 3. The number of rotatable bonds is 4. The van der Waals surface area contributed by atoms with Crippen molar-refractivity contribution in [2.75, 3.05) is 10.6 Å². The second-order valence-corrected chi connectivity index (χ2v) is 7.19. The van der Waals surface area contributed by atoms with Crippen LogP contribution in [0.3, 0.4) is 0 Å². The van der Waals surface area contributed by atoms with Gasteiger partial charge in [-0.05, 0) is 48.9 Å². The van der Waals surface area contributed by atoms with Crippen molar-refractivity contribution in [3.05, 3.63) is 89.2 Å². The van der Waals surface area contributed by atoms with Crippen LogP contribution in [-0.4, -0.2) is 21.9 Å². The summed E-state index contributed by atoms with van der Waals surface area (Å²) in [5.74, 6) is 0.119. The standard InChI is InChI=1S/C23H18ClN5O2/c1-14-6-2-3-7-16(14)22(30)29-23(31)27-15-10-11-17-20(12-15)25-13-26-21(17)28-19-9-5-4-8-18(19)24/h2-13H,1H3,(H,25,26,28)(H2,27,29,30,31). The molecule has 4 aromatic rings. The molecule has 0 radical (unpaired) electrons. The number of nitrogens with one attached hydrogen (secondary N) is 3. The van der Waals surface area contributed by atoms with E-state index >= 15 is 0 Å². The molecule has 0 saturated heterocycles. The number of nitrogens with zero attached hydrogens (tertiary/aromatic N) is 2. The van der Waals surface area contributed by atoms with Crippen LogP contribution >= 0.6 is 11.6 Å². The Kier molecular flexibility index (Phi) is 5.77. The second kappa shape index (κ2) is 8.81. The molecule has 0 unspecified atom stereocenters. The van der Waals surface area contributed by atoms with Gasteiger partial charge in [-0.15, -0.1) is 0 Å². The first kappa shape index (κ1) is 20.3. The molecule has 31 heavy (non-hydrogen) atoms. The Labute approximate surface area is 183 Å². The number of hydrogen-bond donors (Lipinski definition) is 3. The van der Waals surface area contributed by atoms with Gasteiger partial charge in [0, 0.05) is 16.6 Å². The zero-order valence-corrected chi connectivity index (χ0v) is 17.3. The number of urea groups is 1. The van der Waals surface area contributed by atoms with Crippen LogP contribution < -0.4 is 16.0 Å². The van der Waals surface area contributed by atoms with Gasteiger partial charge in [-0.3, -0.25) is 10.1 Å². The maximum atomic E-state index is 12.3. The number of para-hydroxylation sites is 1. The highest BCUT2D eigenvalue weighted by molar-refractivity contribution is 6.33. The van der Waals surface area contributed by atoms with E-state index in [4.69, 9.17) is 11.6 Å². The number of aromatic nitrogens is 2. The lowest BCUT2D eigenvalue weighted by Crippen LogP contribution is -2.34. The van der Waals surface area contributed by atoms with E-state index in [1.807, 2.05) is 37.3 Å². The van der Waals surface area contributed by atoms with Crippen LogP contribution in [0.1, 0.15) is 15.9 Å². The first-order valence-corrected chi connectivity index (χ1v) is 9.83. The van der Waals surface area contributed by atoms with Gasteiger partial charge in [0.05, 0.1) is 16.2 Å². The van der Waals surface area contributed by atoms with Crippen molar-refractivity contribution in [3.8, 4) is 0 Å². The van der Waals surface area contributed by atoms with Crippen LogP contribution in [0.25, 0.3) is 10.9 Å². The summed E-state index contributed by atoms with van der Waals surface area (Å²) in [5.41, 5.74) is 3.06. The number of carbonyl (C=O) groups is 2. The molecule has 3 N–H and O–H groups in total. The lowest BCUT2D eigenvalue weighted by Gasteiger charge is -2.11. The Balaban J connectivity index is 1.51. The third-order valence-electron chi connectivity index (χ3n) is 4.64. The summed E-state index contributed by atoms with van der Waals surface area (Å²) in [4.78, 5) is 33.2. The van der Waals surface area contributed by atoms with Gasteiger partial charge in [0.15, 0.2) is 0 Å². The zero-order chi connectivity index (χ0) is 21.8. The molecule has 0 bridgehead atoms. The molecule has 154 valence electrons. The Bertz CT molecular complexity index is 1290. The molecule has 1 aromatic heterocycles. The molecule has 3 amide bonds. The molecule has 8 heteroatoms. The van der Waals surface area contributed by atoms with E-state index in [1.165, 1.54) is 6.33 Å². The van der Waals surface area contributed by atoms with Crippen molar-refractivity contribution in [3.63, 3.8) is 0 Å². The van der Waals surface area contributed by atoms with E-state index in [0.29, 0.717) is 27.6 Å². The summed E-state index contributed by atoms with van der Waals surface area (Å²) in [6, 6.07) is 19.0. The van der Waals surface area contributed by atoms with Gasteiger partial charge >= 0.3 is 6.03 Å². The summed E-state index contributed by atoms with van der Waals surface area (Å²) in [6.45, 7) is 1.81. The Morgan fingerprint density at radius 3 is 2.52 bits per heavy atom. The van der Waals surface area contributed by atoms with E-state index in [-0.39, 0.29) is 0 Å². The van der Waals surface area contributed by atoms with Crippen LogP contribution in [0, 0.1) is 6.92 Å². The minimum Gasteiger partial charge on any atom is -0.338 e. The molecule has 0 aliphatic heterocycles. The number of benzene rings is 3. The molecule has 0 saturated carbocycles. The van der Waals surface area contributed by atoms with Gasteiger partial charge in [0.25, 0.3) is 5.91 Å². The van der Waals surface area contributed by atoms with Crippen molar-refractivity contribution < 1.29 is 9.59 Å². The van der Waals surface area contributed by atoms with Crippen LogP contribution in [0.15, 0.2) is 73.1 Å². The third kappa shape index (κ3) is 4.62. The summed E-state index contributed by atoms with van der Waals surface area (Å²) >= 11 is 6.22. The molecule has 0 spiro atoms. The second-order valence-electron chi connectivity index (χ2n) is 6.78. The molecule has 4 rings (SSSR count). The average molecular weight is 432 g/mol. The summed E-state index contributed by atoms with van der Waals surface area (Å²) in [5, 5.41) is 9.52. The van der Waals surface area contributed by atoms with E-state index in [1.54, 1.807) is 36.4 Å². The van der Waals surface area contributed by atoms with Gasteiger partial charge in [-0.25, -0.2) is 14.8 Å². The van der Waals surface area contributed by atoms with Crippen molar-refractivity contribution in [1.82, 2.24) is 15.3 Å². The number of halogens is 1. The fraction of sp³-hybridized carbons (Fsp3) is 0.0435. The molecule has 0 fully saturated rings. The average Bonchev–Trinajstić information content (AvgIpc) is 2.75. The smallest absolute Gasteiger partial charge is 0.326 e. The van der Waals surface area contributed by atoms with E-state index in [0.717, 1.165) is 16.6 Å². The number of carbonyl (C=O) groups excluding carboxylic acids is 2. The molecule has 1 heterocycles. The molecule has 0 aliphatic carbocycles. The fourth-order valence-corrected chi connectivity index (χ4v) is 3.27. The normalized spacial score (nSPS) is 10.5. The molecular formula is C23H18ClN5O2. The zero-order valence-electron chi connectivity index (χ0n) is 16.5. The van der Waals surface area contributed by atoms with Gasteiger partial charge in [0.1, 0.15) is 12.1 Å². The van der Waals surface area contributed by atoms with Crippen LogP contribution in [-0.2, 0) is 0 Å². The molecule has 7 nitrogen and oxygen atoms in total. The molecule has 3 aromatic carbocycles. The van der Waals surface area contributed by atoms with Crippen LogP contribution in [0.5, 0.6) is 0 Å². The lowest BCUT2D eigenvalue weighted by atomic mass is 10.1. The Hall–Kier alpha value is -3.97. The van der Waals surface area contributed by atoms with Crippen LogP contribution in [0.4, 0.5) is 22.0 Å². The highest BCUT2D eigenvalue weighted by Gasteiger charge is 2.13. The minimum absolute atomic E-state index is 0.444. The van der Waals surface area contributed by atoms with Crippen molar-refractivity contribution in [2.24, 2.45) is 0 Å². The summed E-state index contributed by atoms with van der Waals surface area (Å²) < 4.78 is 0. The maximum Gasteiger partial charge on any atom is 0.326 e. The first-order chi connectivity index (χ1) is 15.0. The van der Waals surface area contributed by atoms with Gasteiger partial charge < -0.3 is 10.6 Å². The first-order valence-electron chi connectivity index (χ1n) is 9.45. The highest BCUT2D eigenvalue weighted by atomic mass is 35.5. The minimum atomic E-state index is -0.629. The Morgan fingerprint density at radius 1 is 0.935 bits per heavy atom.